The van der Waals surface area contributed by atoms with Gasteiger partial charge in [0.1, 0.15) is 0 Å². The van der Waals surface area contributed by atoms with Crippen LogP contribution in [0.1, 0.15) is 33.1 Å². The smallest absolute Gasteiger partial charge is 0.253 e. The van der Waals surface area contributed by atoms with Crippen LogP contribution in [-0.4, -0.2) is 41.9 Å². The Labute approximate surface area is 181 Å². The molecule has 0 aromatic heterocycles. The van der Waals surface area contributed by atoms with Crippen LogP contribution in [0.15, 0.2) is 83.3 Å². The van der Waals surface area contributed by atoms with Crippen molar-refractivity contribution < 1.29 is 4.79 Å². The van der Waals surface area contributed by atoms with E-state index >= 15 is 0 Å². The zero-order chi connectivity index (χ0) is 20.2. The van der Waals surface area contributed by atoms with Crippen LogP contribution in [0.4, 0.5) is 0 Å². The summed E-state index contributed by atoms with van der Waals surface area (Å²) in [5.41, 5.74) is 4.46. The lowest BCUT2D eigenvalue weighted by Crippen LogP contribution is -2.49. The molecule has 4 heteroatoms. The Morgan fingerprint density at radius 1 is 0.828 bits per heavy atom. The largest absolute Gasteiger partial charge is 0.336 e. The Morgan fingerprint density at radius 2 is 1.48 bits per heavy atom. The van der Waals surface area contributed by atoms with E-state index in [0.717, 1.165) is 41.8 Å². The molecule has 3 aromatic carbocycles. The summed E-state index contributed by atoms with van der Waals surface area (Å²) in [5, 5.41) is 0. The number of benzene rings is 3. The quantitative estimate of drug-likeness (QED) is 0.540. The minimum Gasteiger partial charge on any atom is -0.336 e. The van der Waals surface area contributed by atoms with Crippen LogP contribution < -0.4 is 0 Å². The average Bonchev–Trinajstić information content (AvgIpc) is 2.76. The molecule has 1 heterocycles. The predicted molar refractivity (Wildman–Crippen MR) is 121 cm³/mol. The van der Waals surface area contributed by atoms with Gasteiger partial charge in [-0.3, -0.25) is 9.69 Å². The second kappa shape index (κ2) is 8.93. The predicted octanol–water partition coefficient (Wildman–Crippen LogP) is 5.30. The van der Waals surface area contributed by atoms with Gasteiger partial charge in [0.25, 0.3) is 5.91 Å². The molecule has 29 heavy (non-hydrogen) atoms. The van der Waals surface area contributed by atoms with Gasteiger partial charge in [0.15, 0.2) is 0 Å². The third-order valence-electron chi connectivity index (χ3n) is 5.53. The molecule has 0 unspecified atom stereocenters. The molecule has 1 aliphatic heterocycles. The highest BCUT2D eigenvalue weighted by Crippen LogP contribution is 2.30. The number of hydrogen-bond acceptors (Lipinski definition) is 2. The second-order valence-corrected chi connectivity index (χ2v) is 8.48. The van der Waals surface area contributed by atoms with E-state index in [1.54, 1.807) is 0 Å². The molecule has 1 fully saturated rings. The molecule has 0 bridgehead atoms. The third kappa shape index (κ3) is 4.60. The summed E-state index contributed by atoms with van der Waals surface area (Å²) >= 11 is 3.54. The van der Waals surface area contributed by atoms with Crippen LogP contribution in [0.3, 0.4) is 0 Å². The van der Waals surface area contributed by atoms with Crippen molar-refractivity contribution >= 4 is 21.8 Å². The van der Waals surface area contributed by atoms with Gasteiger partial charge in [-0.1, -0.05) is 76.1 Å². The van der Waals surface area contributed by atoms with Gasteiger partial charge in [0.05, 0.1) is 6.04 Å². The standard InChI is InChI=1S/C25H25BrN2O/c1-19-6-5-9-22(18-19)25(29)28-16-14-27(15-17-28)24(20-7-3-2-4-8-20)21-10-12-23(26)13-11-21/h2-13,18,24H,14-17H2,1H3/t24-/m0/s1. The number of nitrogens with zero attached hydrogens (tertiary/aromatic N) is 2. The molecule has 0 radical (unpaired) electrons. The van der Waals surface area contributed by atoms with Crippen LogP contribution in [0.2, 0.25) is 0 Å². The lowest BCUT2D eigenvalue weighted by atomic mass is 9.96. The first-order valence-electron chi connectivity index (χ1n) is 10.0. The average molecular weight is 449 g/mol. The van der Waals surface area contributed by atoms with Gasteiger partial charge in [-0.25, -0.2) is 0 Å². The maximum atomic E-state index is 12.9. The monoisotopic (exact) mass is 448 g/mol. The number of halogens is 1. The lowest BCUT2D eigenvalue weighted by Gasteiger charge is -2.40. The molecule has 0 N–H and O–H groups in total. The van der Waals surface area contributed by atoms with E-state index in [-0.39, 0.29) is 11.9 Å². The molecule has 0 spiro atoms. The van der Waals surface area contributed by atoms with E-state index in [1.165, 1.54) is 11.1 Å². The van der Waals surface area contributed by atoms with Crippen LogP contribution >= 0.6 is 15.9 Å². The molecule has 4 rings (SSSR count). The molecule has 1 atom stereocenters. The Hall–Kier alpha value is -2.43. The van der Waals surface area contributed by atoms with Crippen molar-refractivity contribution in [2.75, 3.05) is 26.2 Å². The van der Waals surface area contributed by atoms with E-state index in [4.69, 9.17) is 0 Å². The zero-order valence-electron chi connectivity index (χ0n) is 16.6. The highest BCUT2D eigenvalue weighted by molar-refractivity contribution is 9.10. The maximum Gasteiger partial charge on any atom is 0.253 e. The van der Waals surface area contributed by atoms with E-state index in [0.29, 0.717) is 0 Å². The number of carbonyl (C=O) groups excluding carboxylic acids is 1. The van der Waals surface area contributed by atoms with Gasteiger partial charge in [-0.05, 0) is 42.3 Å². The molecule has 148 valence electrons. The highest BCUT2D eigenvalue weighted by Gasteiger charge is 2.28. The molecular weight excluding hydrogens is 424 g/mol. The fourth-order valence-electron chi connectivity index (χ4n) is 4.04. The fourth-order valence-corrected chi connectivity index (χ4v) is 4.30. The molecular formula is C25H25BrN2O. The van der Waals surface area contributed by atoms with Crippen LogP contribution in [0, 0.1) is 6.92 Å². The summed E-state index contributed by atoms with van der Waals surface area (Å²) in [6.45, 7) is 5.22. The SMILES string of the molecule is Cc1cccc(C(=O)N2CCN([C@@H](c3ccccc3)c3ccc(Br)cc3)CC2)c1. The minimum absolute atomic E-state index is 0.133. The van der Waals surface area contributed by atoms with Gasteiger partial charge in [0, 0.05) is 36.2 Å². The van der Waals surface area contributed by atoms with Crippen molar-refractivity contribution in [3.63, 3.8) is 0 Å². The van der Waals surface area contributed by atoms with Crippen LogP contribution in [0.5, 0.6) is 0 Å². The third-order valence-corrected chi connectivity index (χ3v) is 6.06. The summed E-state index contributed by atoms with van der Waals surface area (Å²) in [6.07, 6.45) is 0. The summed E-state index contributed by atoms with van der Waals surface area (Å²) in [7, 11) is 0. The molecule has 3 aromatic rings. The van der Waals surface area contributed by atoms with Crippen molar-refractivity contribution in [3.05, 3.63) is 106 Å². The Kier molecular flexibility index (Phi) is 6.12. The molecule has 0 saturated carbocycles. The van der Waals surface area contributed by atoms with Gasteiger partial charge in [-0.2, -0.15) is 0 Å². The van der Waals surface area contributed by atoms with E-state index < -0.39 is 0 Å². The van der Waals surface area contributed by atoms with Gasteiger partial charge in [-0.15, -0.1) is 0 Å². The van der Waals surface area contributed by atoms with Gasteiger partial charge >= 0.3 is 0 Å². The zero-order valence-corrected chi connectivity index (χ0v) is 18.2. The molecule has 0 aliphatic carbocycles. The number of aryl methyl sites for hydroxylation is 1. The van der Waals surface area contributed by atoms with Crippen LogP contribution in [0.25, 0.3) is 0 Å². The highest BCUT2D eigenvalue weighted by atomic mass is 79.9. The fraction of sp³-hybridized carbons (Fsp3) is 0.240. The number of piperazine rings is 1. The summed E-state index contributed by atoms with van der Waals surface area (Å²) in [6, 6.07) is 27.3. The second-order valence-electron chi connectivity index (χ2n) is 7.56. The van der Waals surface area contributed by atoms with Crippen molar-refractivity contribution in [1.29, 1.82) is 0 Å². The van der Waals surface area contributed by atoms with E-state index in [1.807, 2.05) is 36.1 Å². The van der Waals surface area contributed by atoms with Crippen molar-refractivity contribution in [1.82, 2.24) is 9.80 Å². The van der Waals surface area contributed by atoms with Crippen molar-refractivity contribution in [2.45, 2.75) is 13.0 Å². The number of amides is 1. The Bertz CT molecular complexity index is 964. The number of hydrogen-bond donors (Lipinski definition) is 0. The van der Waals surface area contributed by atoms with Crippen molar-refractivity contribution in [3.8, 4) is 0 Å². The Balaban J connectivity index is 1.52. The first-order valence-corrected chi connectivity index (χ1v) is 10.8. The molecule has 3 nitrogen and oxygen atoms in total. The minimum atomic E-state index is 0.133. The van der Waals surface area contributed by atoms with Crippen LogP contribution in [-0.2, 0) is 0 Å². The lowest BCUT2D eigenvalue weighted by molar-refractivity contribution is 0.0597. The number of rotatable bonds is 4. The normalized spacial score (nSPS) is 15.9. The number of carbonyl (C=O) groups is 1. The molecule has 1 saturated heterocycles. The van der Waals surface area contributed by atoms with Gasteiger partial charge in [0.2, 0.25) is 0 Å². The topological polar surface area (TPSA) is 23.6 Å². The first kappa shape index (κ1) is 19.9. The molecule has 1 aliphatic rings. The summed E-state index contributed by atoms with van der Waals surface area (Å²) in [5.74, 6) is 0.133. The van der Waals surface area contributed by atoms with Gasteiger partial charge < -0.3 is 4.90 Å². The summed E-state index contributed by atoms with van der Waals surface area (Å²) < 4.78 is 1.08. The van der Waals surface area contributed by atoms with E-state index in [2.05, 4.69) is 75.4 Å². The van der Waals surface area contributed by atoms with Crippen molar-refractivity contribution in [2.24, 2.45) is 0 Å². The maximum absolute atomic E-state index is 12.9. The summed E-state index contributed by atoms with van der Waals surface area (Å²) in [4.78, 5) is 17.4. The Morgan fingerprint density at radius 3 is 2.14 bits per heavy atom. The molecule has 1 amide bonds. The first-order chi connectivity index (χ1) is 14.1. The van der Waals surface area contributed by atoms with E-state index in [9.17, 15) is 4.79 Å².